The zero-order chi connectivity index (χ0) is 9.99. The number of hydrogen-bond acceptors (Lipinski definition) is 3. The molecule has 0 unspecified atom stereocenters. The second-order valence-electron chi connectivity index (χ2n) is 3.58. The van der Waals surface area contributed by atoms with Crippen LogP contribution in [0.4, 0.5) is 0 Å². The number of amides is 1. The maximum absolute atomic E-state index is 11.1. The molecule has 12 heavy (non-hydrogen) atoms. The first kappa shape index (κ1) is 11.4. The zero-order valence-electron chi connectivity index (χ0n) is 7.84. The molecule has 0 heterocycles. The minimum Gasteiger partial charge on any atom is -0.273 e. The van der Waals surface area contributed by atoms with Gasteiger partial charge in [-0.25, -0.2) is 8.42 Å². The third-order valence-electron chi connectivity index (χ3n) is 1.31. The van der Waals surface area contributed by atoms with Gasteiger partial charge in [0.25, 0.3) is 0 Å². The summed E-state index contributed by atoms with van der Waals surface area (Å²) < 4.78 is 23.8. The molecule has 0 fully saturated rings. The normalized spacial score (nSPS) is 12.7. The summed E-state index contributed by atoms with van der Waals surface area (Å²) in [5.74, 6) is -0.543. The van der Waals surface area contributed by atoms with E-state index in [1.807, 2.05) is 4.72 Å². The van der Waals surface area contributed by atoms with Crippen LogP contribution in [-0.2, 0) is 14.8 Å². The summed E-state index contributed by atoms with van der Waals surface area (Å²) in [5, 5.41) is 0. The van der Waals surface area contributed by atoms with Crippen molar-refractivity contribution in [3.8, 4) is 0 Å². The number of nitrogens with one attached hydrogen (secondary N) is 1. The Morgan fingerprint density at radius 3 is 2.00 bits per heavy atom. The molecule has 0 rings (SSSR count). The molecule has 0 aromatic rings. The molecule has 0 aromatic heterocycles. The van der Waals surface area contributed by atoms with Crippen LogP contribution in [0.15, 0.2) is 0 Å². The lowest BCUT2D eigenvalue weighted by Crippen LogP contribution is -2.39. The Morgan fingerprint density at radius 1 is 1.33 bits per heavy atom. The van der Waals surface area contributed by atoms with Gasteiger partial charge in [-0.3, -0.25) is 9.52 Å². The van der Waals surface area contributed by atoms with Gasteiger partial charge in [-0.1, -0.05) is 20.8 Å². The molecule has 0 radical (unpaired) electrons. The SMILES string of the molecule is CCS(=O)(=O)NC(=O)C(C)(C)C. The van der Waals surface area contributed by atoms with Crippen LogP contribution in [-0.4, -0.2) is 20.1 Å². The first-order valence-corrected chi connectivity index (χ1v) is 5.39. The summed E-state index contributed by atoms with van der Waals surface area (Å²) in [5.41, 5.74) is -0.664. The summed E-state index contributed by atoms with van der Waals surface area (Å²) in [4.78, 5) is 11.1. The van der Waals surface area contributed by atoms with Crippen LogP contribution in [0.25, 0.3) is 0 Å². The van der Waals surface area contributed by atoms with Gasteiger partial charge in [0.15, 0.2) is 0 Å². The fourth-order valence-electron chi connectivity index (χ4n) is 0.366. The average Bonchev–Trinajstić information content (AvgIpc) is 1.85. The summed E-state index contributed by atoms with van der Waals surface area (Å²) in [6, 6.07) is 0. The van der Waals surface area contributed by atoms with Gasteiger partial charge in [0.05, 0.1) is 5.75 Å². The molecular formula is C7H15NO3S. The summed E-state index contributed by atoms with van der Waals surface area (Å²) in [6.07, 6.45) is 0. The standard InChI is InChI=1S/C7H15NO3S/c1-5-12(10,11)8-6(9)7(2,3)4/h5H2,1-4H3,(H,8,9). The van der Waals surface area contributed by atoms with Gasteiger partial charge >= 0.3 is 0 Å². The molecule has 0 saturated heterocycles. The molecule has 1 amide bonds. The minimum atomic E-state index is -3.40. The van der Waals surface area contributed by atoms with Crippen LogP contribution in [0.5, 0.6) is 0 Å². The van der Waals surface area contributed by atoms with E-state index in [0.29, 0.717) is 0 Å². The smallest absolute Gasteiger partial charge is 0.238 e. The molecule has 0 aromatic carbocycles. The van der Waals surface area contributed by atoms with Gasteiger partial charge in [0.1, 0.15) is 0 Å². The van der Waals surface area contributed by atoms with E-state index in [1.54, 1.807) is 20.8 Å². The lowest BCUT2D eigenvalue weighted by Gasteiger charge is -2.16. The number of sulfonamides is 1. The average molecular weight is 193 g/mol. The quantitative estimate of drug-likeness (QED) is 0.694. The van der Waals surface area contributed by atoms with Crippen LogP contribution in [0, 0.1) is 5.41 Å². The molecule has 0 saturated carbocycles. The Morgan fingerprint density at radius 2 is 1.75 bits per heavy atom. The van der Waals surface area contributed by atoms with Crippen molar-refractivity contribution in [3.63, 3.8) is 0 Å². The molecule has 0 bridgehead atoms. The number of carbonyl (C=O) groups is 1. The van der Waals surface area contributed by atoms with Crippen molar-refractivity contribution in [1.29, 1.82) is 0 Å². The van der Waals surface area contributed by atoms with E-state index in [-0.39, 0.29) is 5.75 Å². The fourth-order valence-corrected chi connectivity index (χ4v) is 1.10. The van der Waals surface area contributed by atoms with Gasteiger partial charge < -0.3 is 0 Å². The van der Waals surface area contributed by atoms with Gasteiger partial charge in [-0.15, -0.1) is 0 Å². The highest BCUT2D eigenvalue weighted by atomic mass is 32.2. The highest BCUT2D eigenvalue weighted by Crippen LogP contribution is 2.12. The second-order valence-corrected chi connectivity index (χ2v) is 5.60. The molecule has 0 spiro atoms. The predicted octanol–water partition coefficient (Wildman–Crippen LogP) is 0.498. The van der Waals surface area contributed by atoms with Crippen molar-refractivity contribution < 1.29 is 13.2 Å². The summed E-state index contributed by atoms with van der Waals surface area (Å²) in [6.45, 7) is 6.47. The van der Waals surface area contributed by atoms with E-state index < -0.39 is 21.3 Å². The Labute approximate surface area is 73.4 Å². The Kier molecular flexibility index (Phi) is 3.26. The van der Waals surface area contributed by atoms with E-state index in [9.17, 15) is 13.2 Å². The van der Waals surface area contributed by atoms with Crippen molar-refractivity contribution in [2.24, 2.45) is 5.41 Å². The van der Waals surface area contributed by atoms with Crippen LogP contribution in [0.1, 0.15) is 27.7 Å². The number of rotatable bonds is 2. The van der Waals surface area contributed by atoms with Gasteiger partial charge in [-0.05, 0) is 6.92 Å². The summed E-state index contributed by atoms with van der Waals surface area (Å²) >= 11 is 0. The first-order chi connectivity index (χ1) is 5.19. The van der Waals surface area contributed by atoms with Crippen LogP contribution >= 0.6 is 0 Å². The maximum atomic E-state index is 11.1. The van der Waals surface area contributed by atoms with Crippen molar-refractivity contribution >= 4 is 15.9 Å². The molecule has 5 heteroatoms. The van der Waals surface area contributed by atoms with E-state index in [0.717, 1.165) is 0 Å². The largest absolute Gasteiger partial charge is 0.273 e. The highest BCUT2D eigenvalue weighted by Gasteiger charge is 2.24. The molecule has 4 nitrogen and oxygen atoms in total. The zero-order valence-corrected chi connectivity index (χ0v) is 8.66. The lowest BCUT2D eigenvalue weighted by molar-refractivity contribution is -0.126. The molecule has 0 aliphatic rings. The predicted molar refractivity (Wildman–Crippen MR) is 47.1 cm³/mol. The molecule has 1 N–H and O–H groups in total. The van der Waals surface area contributed by atoms with E-state index in [1.165, 1.54) is 6.92 Å². The third-order valence-corrected chi connectivity index (χ3v) is 2.57. The first-order valence-electron chi connectivity index (χ1n) is 3.74. The fraction of sp³-hybridized carbons (Fsp3) is 0.857. The monoisotopic (exact) mass is 193 g/mol. The van der Waals surface area contributed by atoms with Crippen molar-refractivity contribution in [1.82, 2.24) is 4.72 Å². The number of hydrogen-bond donors (Lipinski definition) is 1. The minimum absolute atomic E-state index is 0.0746. The Hall–Kier alpha value is -0.580. The topological polar surface area (TPSA) is 63.2 Å². The second kappa shape index (κ2) is 3.43. The van der Waals surface area contributed by atoms with Crippen molar-refractivity contribution in [2.75, 3.05) is 5.75 Å². The van der Waals surface area contributed by atoms with Gasteiger partial charge in [-0.2, -0.15) is 0 Å². The van der Waals surface area contributed by atoms with Crippen molar-refractivity contribution in [3.05, 3.63) is 0 Å². The van der Waals surface area contributed by atoms with E-state index in [4.69, 9.17) is 0 Å². The maximum Gasteiger partial charge on any atom is 0.238 e. The van der Waals surface area contributed by atoms with Crippen molar-refractivity contribution in [2.45, 2.75) is 27.7 Å². The third kappa shape index (κ3) is 3.71. The highest BCUT2D eigenvalue weighted by molar-refractivity contribution is 7.90. The Bertz CT molecular complexity index is 261. The van der Waals surface area contributed by atoms with Gasteiger partial charge in [0, 0.05) is 5.41 Å². The molecule has 0 aliphatic carbocycles. The van der Waals surface area contributed by atoms with Crippen LogP contribution in [0.2, 0.25) is 0 Å². The molecular weight excluding hydrogens is 178 g/mol. The van der Waals surface area contributed by atoms with Crippen LogP contribution < -0.4 is 4.72 Å². The molecule has 0 atom stereocenters. The van der Waals surface area contributed by atoms with E-state index >= 15 is 0 Å². The molecule has 72 valence electrons. The van der Waals surface area contributed by atoms with E-state index in [2.05, 4.69) is 0 Å². The molecule has 0 aliphatic heterocycles. The lowest BCUT2D eigenvalue weighted by atomic mass is 9.96. The summed E-state index contributed by atoms with van der Waals surface area (Å²) in [7, 11) is -3.40. The van der Waals surface area contributed by atoms with Crippen LogP contribution in [0.3, 0.4) is 0 Å². The van der Waals surface area contributed by atoms with Gasteiger partial charge in [0.2, 0.25) is 15.9 Å². The Balaban J connectivity index is 4.42. The number of carbonyl (C=O) groups excluding carboxylic acids is 1.